The van der Waals surface area contributed by atoms with Crippen molar-refractivity contribution in [3.63, 3.8) is 0 Å². The molecule has 108 valence electrons. The molecule has 19 heavy (non-hydrogen) atoms. The highest BCUT2D eigenvalue weighted by molar-refractivity contribution is 7.09. The van der Waals surface area contributed by atoms with Gasteiger partial charge in [0.1, 0.15) is 0 Å². The number of nitrogens with one attached hydrogen (secondary N) is 1. The molecule has 0 fully saturated rings. The maximum Gasteiger partial charge on any atom is 0.223 e. The molecule has 0 aliphatic carbocycles. The third-order valence-corrected chi connectivity index (χ3v) is 4.02. The molecule has 1 N–H and O–H groups in total. The summed E-state index contributed by atoms with van der Waals surface area (Å²) in [5, 5.41) is 5.43. The molecule has 0 aliphatic rings. The zero-order valence-corrected chi connectivity index (χ0v) is 13.5. The molecule has 1 aromatic rings. The van der Waals surface area contributed by atoms with Crippen LogP contribution in [-0.2, 0) is 11.2 Å². The number of hydrogen-bond acceptors (Lipinski definition) is 3. The number of rotatable bonds is 6. The Bertz CT molecular complexity index is 381. The van der Waals surface area contributed by atoms with Crippen LogP contribution in [0, 0.1) is 0 Å². The van der Waals surface area contributed by atoms with E-state index in [-0.39, 0.29) is 17.5 Å². The van der Waals surface area contributed by atoms with Crippen LogP contribution in [0.4, 0.5) is 0 Å². The first-order chi connectivity index (χ1) is 8.79. The van der Waals surface area contributed by atoms with Crippen LogP contribution in [0.2, 0.25) is 0 Å². The molecule has 0 saturated carbocycles. The number of carbonyl (C=O) groups is 1. The smallest absolute Gasteiger partial charge is 0.223 e. The fourth-order valence-electron chi connectivity index (χ4n) is 1.82. The Morgan fingerprint density at radius 1 is 1.47 bits per heavy atom. The van der Waals surface area contributed by atoms with E-state index in [1.807, 2.05) is 11.9 Å². The predicted octanol–water partition coefficient (Wildman–Crippen LogP) is 2.92. The normalized spacial score (nSPS) is 13.3. The van der Waals surface area contributed by atoms with Gasteiger partial charge in [-0.1, -0.05) is 6.07 Å². The third kappa shape index (κ3) is 6.21. The van der Waals surface area contributed by atoms with E-state index in [1.165, 1.54) is 4.88 Å². The van der Waals surface area contributed by atoms with Gasteiger partial charge in [-0.15, -0.1) is 11.3 Å². The lowest BCUT2D eigenvalue weighted by molar-refractivity contribution is -0.131. The van der Waals surface area contributed by atoms with Crippen LogP contribution in [0.5, 0.6) is 0 Å². The Morgan fingerprint density at radius 3 is 2.68 bits per heavy atom. The van der Waals surface area contributed by atoms with Crippen molar-refractivity contribution in [1.29, 1.82) is 0 Å². The number of likely N-dealkylation sites (N-methyl/N-ethyl adjacent to an activating group) is 1. The predicted molar refractivity (Wildman–Crippen MR) is 82.6 cm³/mol. The SMILES string of the molecule is CC(Cc1cccs1)N(C)C(=O)CCNC(C)(C)C. The molecule has 1 atom stereocenters. The van der Waals surface area contributed by atoms with E-state index >= 15 is 0 Å². The van der Waals surface area contributed by atoms with Crippen LogP contribution >= 0.6 is 11.3 Å². The topological polar surface area (TPSA) is 32.3 Å². The van der Waals surface area contributed by atoms with Crippen molar-refractivity contribution in [2.24, 2.45) is 0 Å². The molecule has 0 aromatic carbocycles. The second kappa shape index (κ2) is 7.06. The third-order valence-electron chi connectivity index (χ3n) is 3.13. The van der Waals surface area contributed by atoms with Crippen LogP contribution in [0.1, 0.15) is 39.0 Å². The molecule has 0 bridgehead atoms. The van der Waals surface area contributed by atoms with E-state index in [0.29, 0.717) is 6.42 Å². The Balaban J connectivity index is 2.35. The van der Waals surface area contributed by atoms with Gasteiger partial charge in [0.25, 0.3) is 0 Å². The highest BCUT2D eigenvalue weighted by Crippen LogP contribution is 2.14. The summed E-state index contributed by atoms with van der Waals surface area (Å²) in [7, 11) is 1.90. The van der Waals surface area contributed by atoms with Crippen LogP contribution in [0.15, 0.2) is 17.5 Å². The number of nitrogens with zero attached hydrogens (tertiary/aromatic N) is 1. The minimum absolute atomic E-state index is 0.0709. The monoisotopic (exact) mass is 282 g/mol. The largest absolute Gasteiger partial charge is 0.343 e. The van der Waals surface area contributed by atoms with E-state index in [2.05, 4.69) is 50.5 Å². The summed E-state index contributed by atoms with van der Waals surface area (Å²) in [6, 6.07) is 4.43. The van der Waals surface area contributed by atoms with Gasteiger partial charge < -0.3 is 10.2 Å². The second-order valence-electron chi connectivity index (χ2n) is 6.06. The van der Waals surface area contributed by atoms with Crippen molar-refractivity contribution < 1.29 is 4.79 Å². The Kier molecular flexibility index (Phi) is 6.01. The molecule has 1 aromatic heterocycles. The molecule has 0 saturated heterocycles. The average molecular weight is 282 g/mol. The van der Waals surface area contributed by atoms with Gasteiger partial charge in [-0.05, 0) is 39.1 Å². The van der Waals surface area contributed by atoms with Gasteiger partial charge in [0, 0.05) is 42.9 Å². The van der Waals surface area contributed by atoms with Gasteiger partial charge in [-0.3, -0.25) is 4.79 Å². The van der Waals surface area contributed by atoms with E-state index in [4.69, 9.17) is 0 Å². The lowest BCUT2D eigenvalue weighted by atomic mass is 10.1. The van der Waals surface area contributed by atoms with Crippen LogP contribution < -0.4 is 5.32 Å². The fourth-order valence-corrected chi connectivity index (χ4v) is 2.65. The summed E-state index contributed by atoms with van der Waals surface area (Å²) in [5.74, 6) is 0.209. The minimum Gasteiger partial charge on any atom is -0.343 e. The molecule has 1 unspecified atom stereocenters. The average Bonchev–Trinajstić information content (AvgIpc) is 2.78. The summed E-state index contributed by atoms with van der Waals surface area (Å²) >= 11 is 1.75. The number of thiophene rings is 1. The van der Waals surface area contributed by atoms with Crippen LogP contribution in [-0.4, -0.2) is 36.0 Å². The molecule has 1 rings (SSSR count). The van der Waals surface area contributed by atoms with Crippen molar-refractivity contribution >= 4 is 17.2 Å². The van der Waals surface area contributed by atoms with Gasteiger partial charge >= 0.3 is 0 Å². The van der Waals surface area contributed by atoms with E-state index in [9.17, 15) is 4.79 Å². The highest BCUT2D eigenvalue weighted by Gasteiger charge is 2.17. The van der Waals surface area contributed by atoms with Crippen molar-refractivity contribution in [2.45, 2.75) is 52.1 Å². The first-order valence-electron chi connectivity index (χ1n) is 6.82. The molecular formula is C15H26N2OS. The Hall–Kier alpha value is -0.870. The van der Waals surface area contributed by atoms with Crippen molar-refractivity contribution in [1.82, 2.24) is 10.2 Å². The Labute approximate surface area is 121 Å². The second-order valence-corrected chi connectivity index (χ2v) is 7.10. The van der Waals surface area contributed by atoms with Gasteiger partial charge in [-0.25, -0.2) is 0 Å². The molecule has 1 amide bonds. The maximum absolute atomic E-state index is 12.1. The highest BCUT2D eigenvalue weighted by atomic mass is 32.1. The molecule has 3 nitrogen and oxygen atoms in total. The number of amides is 1. The molecule has 4 heteroatoms. The molecule has 0 aliphatic heterocycles. The molecule has 0 spiro atoms. The van der Waals surface area contributed by atoms with E-state index in [0.717, 1.165) is 13.0 Å². The summed E-state index contributed by atoms with van der Waals surface area (Å²) in [6.45, 7) is 9.18. The first kappa shape index (κ1) is 16.2. The Morgan fingerprint density at radius 2 is 2.16 bits per heavy atom. The van der Waals surface area contributed by atoms with Gasteiger partial charge in [0.05, 0.1) is 0 Å². The van der Waals surface area contributed by atoms with E-state index in [1.54, 1.807) is 11.3 Å². The summed E-state index contributed by atoms with van der Waals surface area (Å²) in [6.07, 6.45) is 1.50. The van der Waals surface area contributed by atoms with E-state index < -0.39 is 0 Å². The molecule has 1 heterocycles. The lowest BCUT2D eigenvalue weighted by Gasteiger charge is -2.26. The zero-order valence-electron chi connectivity index (χ0n) is 12.7. The summed E-state index contributed by atoms with van der Waals surface area (Å²) in [5.41, 5.74) is 0.0709. The van der Waals surface area contributed by atoms with Crippen molar-refractivity contribution in [2.75, 3.05) is 13.6 Å². The number of carbonyl (C=O) groups excluding carboxylic acids is 1. The fraction of sp³-hybridized carbons (Fsp3) is 0.667. The summed E-state index contributed by atoms with van der Waals surface area (Å²) in [4.78, 5) is 15.3. The van der Waals surface area contributed by atoms with Gasteiger partial charge in [0.2, 0.25) is 5.91 Å². The summed E-state index contributed by atoms with van der Waals surface area (Å²) < 4.78 is 0. The van der Waals surface area contributed by atoms with Crippen LogP contribution in [0.25, 0.3) is 0 Å². The minimum atomic E-state index is 0.0709. The molecular weight excluding hydrogens is 256 g/mol. The zero-order chi connectivity index (χ0) is 14.5. The first-order valence-corrected chi connectivity index (χ1v) is 7.70. The van der Waals surface area contributed by atoms with Crippen molar-refractivity contribution in [3.8, 4) is 0 Å². The quantitative estimate of drug-likeness (QED) is 0.870. The van der Waals surface area contributed by atoms with Gasteiger partial charge in [0.15, 0.2) is 0 Å². The van der Waals surface area contributed by atoms with Crippen molar-refractivity contribution in [3.05, 3.63) is 22.4 Å². The van der Waals surface area contributed by atoms with Crippen LogP contribution in [0.3, 0.4) is 0 Å². The van der Waals surface area contributed by atoms with Gasteiger partial charge in [-0.2, -0.15) is 0 Å². The standard InChI is InChI=1S/C15H26N2OS/c1-12(11-13-7-6-10-19-13)17(5)14(18)8-9-16-15(2,3)4/h6-7,10,12,16H,8-9,11H2,1-5H3. The number of hydrogen-bond donors (Lipinski definition) is 1. The maximum atomic E-state index is 12.1. The molecule has 0 radical (unpaired) electrons. The lowest BCUT2D eigenvalue weighted by Crippen LogP contribution is -2.41.